The van der Waals surface area contributed by atoms with Crippen molar-refractivity contribution >= 4 is 17.2 Å². The molecule has 1 aromatic heterocycles. The van der Waals surface area contributed by atoms with Gasteiger partial charge in [-0.05, 0) is 29.1 Å². The maximum absolute atomic E-state index is 12.7. The third-order valence-electron chi connectivity index (χ3n) is 4.05. The highest BCUT2D eigenvalue weighted by atomic mass is 32.1. The van der Waals surface area contributed by atoms with Gasteiger partial charge in [0.15, 0.2) is 18.0 Å². The molecule has 134 valence electrons. The first kappa shape index (κ1) is 17.8. The number of amides is 1. The molecule has 1 aliphatic heterocycles. The Balaban J connectivity index is 1.68. The molecule has 0 unspecified atom stereocenters. The van der Waals surface area contributed by atoms with Crippen molar-refractivity contribution in [1.82, 2.24) is 4.90 Å². The van der Waals surface area contributed by atoms with Crippen LogP contribution >= 0.6 is 11.3 Å². The lowest BCUT2D eigenvalue weighted by atomic mass is 10.2. The van der Waals surface area contributed by atoms with Crippen LogP contribution < -0.4 is 14.8 Å². The Morgan fingerprint density at radius 3 is 2.84 bits per heavy atom. The van der Waals surface area contributed by atoms with Crippen LogP contribution in [0.1, 0.15) is 24.3 Å². The predicted octanol–water partition coefficient (Wildman–Crippen LogP) is 2.22. The molecule has 3 rings (SSSR count). The maximum atomic E-state index is 12.7. The van der Waals surface area contributed by atoms with Crippen molar-refractivity contribution in [3.05, 3.63) is 46.2 Å². The molecule has 1 aromatic carbocycles. The van der Waals surface area contributed by atoms with Gasteiger partial charge < -0.3 is 19.7 Å². The summed E-state index contributed by atoms with van der Waals surface area (Å²) in [6, 6.07) is 9.97. The minimum Gasteiger partial charge on any atom is -0.454 e. The third kappa shape index (κ3) is 4.96. The van der Waals surface area contributed by atoms with E-state index in [9.17, 15) is 4.79 Å². The molecular formula is C19H25N2O3S+. The first-order chi connectivity index (χ1) is 12.1. The number of hydrogen-bond acceptors (Lipinski definition) is 4. The first-order valence-corrected chi connectivity index (χ1v) is 9.50. The van der Waals surface area contributed by atoms with Gasteiger partial charge in [0.2, 0.25) is 6.79 Å². The maximum Gasteiger partial charge on any atom is 0.278 e. The molecule has 1 aliphatic rings. The van der Waals surface area contributed by atoms with Gasteiger partial charge >= 0.3 is 0 Å². The fraction of sp³-hybridized carbons (Fsp3) is 0.421. The largest absolute Gasteiger partial charge is 0.454 e. The van der Waals surface area contributed by atoms with Crippen molar-refractivity contribution < 1.29 is 19.6 Å². The number of fused-ring (bicyclic) bond motifs is 1. The van der Waals surface area contributed by atoms with Crippen LogP contribution in [0.2, 0.25) is 0 Å². The molecule has 0 atom stereocenters. The molecule has 0 bridgehead atoms. The SMILES string of the molecule is CC(C)C[NH2+]CC(=O)N(Cc1ccc2c(c1)OCO2)Cc1cccs1. The number of nitrogens with zero attached hydrogens (tertiary/aromatic N) is 1. The monoisotopic (exact) mass is 361 g/mol. The molecule has 0 radical (unpaired) electrons. The van der Waals surface area contributed by atoms with Crippen LogP contribution in [0.4, 0.5) is 0 Å². The summed E-state index contributed by atoms with van der Waals surface area (Å²) in [4.78, 5) is 15.8. The number of carbonyl (C=O) groups is 1. The average molecular weight is 361 g/mol. The lowest BCUT2D eigenvalue weighted by Gasteiger charge is -2.22. The lowest BCUT2D eigenvalue weighted by Crippen LogP contribution is -2.87. The summed E-state index contributed by atoms with van der Waals surface area (Å²) in [6.07, 6.45) is 0. The standard InChI is InChI=1S/C19H24N2O3S/c1-14(2)9-20-10-19(22)21(12-16-4-3-7-25-16)11-15-5-6-17-18(8-15)24-13-23-17/h3-8,14,20H,9-13H2,1-2H3/p+1. The Morgan fingerprint density at radius 2 is 2.08 bits per heavy atom. The quantitative estimate of drug-likeness (QED) is 0.784. The number of thiophene rings is 1. The summed E-state index contributed by atoms with van der Waals surface area (Å²) < 4.78 is 10.8. The number of carbonyl (C=O) groups excluding carboxylic acids is 1. The Bertz CT molecular complexity index is 701. The van der Waals surface area contributed by atoms with Gasteiger partial charge in [-0.1, -0.05) is 26.0 Å². The van der Waals surface area contributed by atoms with E-state index >= 15 is 0 Å². The average Bonchev–Trinajstić information content (AvgIpc) is 3.24. The van der Waals surface area contributed by atoms with Gasteiger partial charge in [0, 0.05) is 17.3 Å². The molecule has 25 heavy (non-hydrogen) atoms. The molecule has 2 N–H and O–H groups in total. The Labute approximate surface area is 152 Å². The molecule has 2 heterocycles. The van der Waals surface area contributed by atoms with Crippen LogP contribution in [0.15, 0.2) is 35.7 Å². The minimum absolute atomic E-state index is 0.159. The molecule has 0 saturated heterocycles. The van der Waals surface area contributed by atoms with Crippen LogP contribution in [0.5, 0.6) is 11.5 Å². The van der Waals surface area contributed by atoms with Gasteiger partial charge in [-0.3, -0.25) is 4.79 Å². The van der Waals surface area contributed by atoms with E-state index in [1.54, 1.807) is 11.3 Å². The minimum atomic E-state index is 0.159. The Kier molecular flexibility index (Phi) is 5.94. The summed E-state index contributed by atoms with van der Waals surface area (Å²) in [7, 11) is 0. The van der Waals surface area contributed by atoms with Gasteiger partial charge in [-0.2, -0.15) is 0 Å². The van der Waals surface area contributed by atoms with E-state index in [-0.39, 0.29) is 12.7 Å². The van der Waals surface area contributed by atoms with Crippen LogP contribution in [0, 0.1) is 5.92 Å². The summed E-state index contributed by atoms with van der Waals surface area (Å²) in [5, 5.41) is 4.14. The van der Waals surface area contributed by atoms with Crippen molar-refractivity contribution in [2.75, 3.05) is 19.9 Å². The number of nitrogens with two attached hydrogens (primary N) is 1. The first-order valence-electron chi connectivity index (χ1n) is 8.62. The number of quaternary nitrogens is 1. The fourth-order valence-electron chi connectivity index (χ4n) is 2.75. The second-order valence-electron chi connectivity index (χ2n) is 6.64. The van der Waals surface area contributed by atoms with Crippen molar-refractivity contribution in [2.45, 2.75) is 26.9 Å². The molecule has 0 saturated carbocycles. The molecular weight excluding hydrogens is 336 g/mol. The summed E-state index contributed by atoms with van der Waals surface area (Å²) >= 11 is 1.68. The second-order valence-corrected chi connectivity index (χ2v) is 7.67. The molecule has 6 heteroatoms. The Hall–Kier alpha value is -2.05. The van der Waals surface area contributed by atoms with E-state index in [0.29, 0.717) is 25.6 Å². The number of hydrogen-bond donors (Lipinski definition) is 1. The highest BCUT2D eigenvalue weighted by molar-refractivity contribution is 7.09. The molecule has 5 nitrogen and oxygen atoms in total. The Morgan fingerprint density at radius 1 is 1.24 bits per heavy atom. The fourth-order valence-corrected chi connectivity index (χ4v) is 3.47. The van der Waals surface area contributed by atoms with Crippen LogP contribution in [0.3, 0.4) is 0 Å². The topological polar surface area (TPSA) is 55.4 Å². The van der Waals surface area contributed by atoms with E-state index in [1.807, 2.05) is 34.5 Å². The number of rotatable bonds is 8. The van der Waals surface area contributed by atoms with Gasteiger partial charge in [-0.25, -0.2) is 0 Å². The van der Waals surface area contributed by atoms with E-state index in [1.165, 1.54) is 4.88 Å². The van der Waals surface area contributed by atoms with Crippen LogP contribution in [-0.2, 0) is 17.9 Å². The molecule has 1 amide bonds. The van der Waals surface area contributed by atoms with Gasteiger partial charge in [0.05, 0.1) is 13.1 Å². The summed E-state index contributed by atoms with van der Waals surface area (Å²) in [5.41, 5.74) is 1.05. The predicted molar refractivity (Wildman–Crippen MR) is 97.6 cm³/mol. The zero-order valence-corrected chi connectivity index (χ0v) is 15.6. The smallest absolute Gasteiger partial charge is 0.278 e. The van der Waals surface area contributed by atoms with Gasteiger partial charge in [-0.15, -0.1) is 11.3 Å². The van der Waals surface area contributed by atoms with Crippen molar-refractivity contribution in [3.8, 4) is 11.5 Å². The lowest BCUT2D eigenvalue weighted by molar-refractivity contribution is -0.649. The normalized spacial score (nSPS) is 12.6. The number of benzene rings is 1. The van der Waals surface area contributed by atoms with E-state index in [0.717, 1.165) is 23.6 Å². The zero-order valence-electron chi connectivity index (χ0n) is 14.7. The third-order valence-corrected chi connectivity index (χ3v) is 4.91. The van der Waals surface area contributed by atoms with Crippen molar-refractivity contribution in [2.24, 2.45) is 5.92 Å². The van der Waals surface area contributed by atoms with Gasteiger partial charge in [0.1, 0.15) is 0 Å². The molecule has 0 fully saturated rings. The van der Waals surface area contributed by atoms with Crippen molar-refractivity contribution in [1.29, 1.82) is 0 Å². The molecule has 2 aromatic rings. The highest BCUT2D eigenvalue weighted by Crippen LogP contribution is 2.33. The van der Waals surface area contributed by atoms with Crippen LogP contribution in [0.25, 0.3) is 0 Å². The summed E-state index contributed by atoms with van der Waals surface area (Å²) in [6.45, 7) is 7.24. The zero-order chi connectivity index (χ0) is 17.6. The second kappa shape index (κ2) is 8.36. The van der Waals surface area contributed by atoms with Gasteiger partial charge in [0.25, 0.3) is 5.91 Å². The van der Waals surface area contributed by atoms with E-state index in [2.05, 4.69) is 25.2 Å². The van der Waals surface area contributed by atoms with E-state index < -0.39 is 0 Å². The number of ether oxygens (including phenoxy) is 2. The summed E-state index contributed by atoms with van der Waals surface area (Å²) in [5.74, 6) is 2.26. The highest BCUT2D eigenvalue weighted by Gasteiger charge is 2.19. The van der Waals surface area contributed by atoms with Crippen LogP contribution in [-0.4, -0.2) is 30.7 Å². The molecule has 0 spiro atoms. The van der Waals surface area contributed by atoms with E-state index in [4.69, 9.17) is 9.47 Å². The molecule has 0 aliphatic carbocycles. The van der Waals surface area contributed by atoms with Crippen molar-refractivity contribution in [3.63, 3.8) is 0 Å².